The molecule has 81 heavy (non-hydrogen) atoms. The van der Waals surface area contributed by atoms with Crippen molar-refractivity contribution in [3.05, 3.63) is 193 Å². The second kappa shape index (κ2) is 21.0. The van der Waals surface area contributed by atoms with Crippen molar-refractivity contribution >= 4 is 70.3 Å². The number of benzene rings is 8. The molecule has 10 rings (SSSR count). The highest BCUT2D eigenvalue weighted by Crippen LogP contribution is 2.44. The fourth-order valence-corrected chi connectivity index (χ4v) is 11.8. The first-order valence-corrected chi connectivity index (χ1v) is 28.7. The van der Waals surface area contributed by atoms with Crippen molar-refractivity contribution in [1.82, 2.24) is 5.32 Å². The third-order valence-electron chi connectivity index (χ3n) is 13.7. The van der Waals surface area contributed by atoms with Crippen molar-refractivity contribution in [1.29, 1.82) is 0 Å². The molecule has 2 aliphatic carbocycles. The van der Waals surface area contributed by atoms with Crippen LogP contribution in [0.2, 0.25) is 0 Å². The van der Waals surface area contributed by atoms with Gasteiger partial charge in [0, 0.05) is 99.9 Å². The highest BCUT2D eigenvalue weighted by molar-refractivity contribution is 7.86. The zero-order valence-corrected chi connectivity index (χ0v) is 44.8. The van der Waals surface area contributed by atoms with Crippen LogP contribution < -0.4 is 22.0 Å². The number of rotatable bonds is 9. The number of phenolic OH excluding ortho intramolecular Hbond substituents is 5. The number of hydrogen-bond donors (Lipinski definition) is 11. The molecule has 0 unspecified atom stereocenters. The van der Waals surface area contributed by atoms with Crippen LogP contribution in [-0.2, 0) is 67.4 Å². The number of phenols is 5. The van der Waals surface area contributed by atoms with Crippen molar-refractivity contribution in [2.75, 3.05) is 5.32 Å². The first kappa shape index (κ1) is 55.4. The summed E-state index contributed by atoms with van der Waals surface area (Å²) >= 11 is 5.63. The number of fused-ring (bicyclic) bond motifs is 10. The lowest BCUT2D eigenvalue weighted by Gasteiger charge is -2.19. The second-order valence-corrected chi connectivity index (χ2v) is 23.7. The molecule has 8 bridgehead atoms. The molecule has 1 aliphatic heterocycles. The number of hydrogen-bond acceptors (Lipinski definition) is 17. The Morgan fingerprint density at radius 2 is 1.01 bits per heavy atom. The van der Waals surface area contributed by atoms with Crippen LogP contribution in [0.25, 0.3) is 44.5 Å². The molecule has 21 nitrogen and oxygen atoms in total. The van der Waals surface area contributed by atoms with E-state index in [1.165, 1.54) is 42.5 Å². The van der Waals surface area contributed by atoms with Gasteiger partial charge in [0.25, 0.3) is 30.4 Å². The first-order valence-electron chi connectivity index (χ1n) is 23.9. The Kier molecular flexibility index (Phi) is 14.3. The maximum absolute atomic E-state index is 13.3. The minimum absolute atomic E-state index is 0.0201. The number of anilines is 1. The molecule has 0 radical (unpaired) electrons. The van der Waals surface area contributed by atoms with Gasteiger partial charge in [-0.25, -0.2) is 4.79 Å². The van der Waals surface area contributed by atoms with Crippen molar-refractivity contribution in [2.24, 2.45) is 5.90 Å². The van der Waals surface area contributed by atoms with Crippen molar-refractivity contribution in [3.63, 3.8) is 0 Å². The van der Waals surface area contributed by atoms with Crippen molar-refractivity contribution in [2.45, 2.75) is 46.9 Å². The van der Waals surface area contributed by atoms with Crippen LogP contribution in [-0.4, -0.2) is 75.5 Å². The van der Waals surface area contributed by atoms with E-state index >= 15 is 0 Å². The Bertz CT molecular complexity index is 4390. The predicted octanol–water partition coefficient (Wildman–Crippen LogP) is 7.69. The molecule has 0 spiro atoms. The average Bonchev–Trinajstić information content (AvgIpc) is 3.48. The number of nitrogens with one attached hydrogen (secondary N) is 2. The lowest BCUT2D eigenvalue weighted by atomic mass is 9.89. The van der Waals surface area contributed by atoms with Gasteiger partial charge < -0.3 is 45.4 Å². The summed E-state index contributed by atoms with van der Waals surface area (Å²) in [6.07, 6.45) is -2.16. The third-order valence-corrected chi connectivity index (χ3v) is 16.4. The normalized spacial score (nSPS) is 12.7. The molecule has 3 aliphatic rings. The lowest BCUT2D eigenvalue weighted by Crippen LogP contribution is -2.28. The van der Waals surface area contributed by atoms with E-state index in [1.54, 1.807) is 48.5 Å². The number of aromatic hydroxyl groups is 5. The van der Waals surface area contributed by atoms with Gasteiger partial charge in [0.1, 0.15) is 40.1 Å². The van der Waals surface area contributed by atoms with Crippen LogP contribution >= 0.6 is 12.2 Å². The quantitative estimate of drug-likeness (QED) is 0.0285. The molecule has 414 valence electrons. The van der Waals surface area contributed by atoms with E-state index in [-0.39, 0.29) is 84.2 Å². The summed E-state index contributed by atoms with van der Waals surface area (Å²) in [5.74, 6) is 2.36. The van der Waals surface area contributed by atoms with Gasteiger partial charge in [-0.15, -0.1) is 0 Å². The molecule has 0 aromatic heterocycles. The van der Waals surface area contributed by atoms with Crippen LogP contribution in [0.1, 0.15) is 60.4 Å². The SMILES string of the molecule is NOC(=O)c1cc(NC(=S)NCc2ccc(-c3cc4c(O)c(c3)Cc3cc(S(=O)(=O)O)cc(c3O)Cc3cc(S(=O)(=O)O)cc(c3O)Cc3cc(S(=O)(=O)O)cc(c3O)C4)cc2)ccc1-c1c2ccc(=O)cc-2oc2cc(O)ccc12. The summed E-state index contributed by atoms with van der Waals surface area (Å²) in [4.78, 5) is 28.1. The Hall–Kier alpha value is -8.92. The minimum atomic E-state index is -5.03. The van der Waals surface area contributed by atoms with Crippen molar-refractivity contribution in [3.8, 4) is 62.3 Å². The molecule has 0 fully saturated rings. The fourth-order valence-electron chi connectivity index (χ4n) is 9.85. The van der Waals surface area contributed by atoms with Gasteiger partial charge in [-0.2, -0.15) is 31.2 Å². The molecule has 7 aromatic carbocycles. The molecule has 12 N–H and O–H groups in total. The Morgan fingerprint density at radius 3 is 1.47 bits per heavy atom. The van der Waals surface area contributed by atoms with Crippen LogP contribution in [0.5, 0.6) is 28.7 Å². The summed E-state index contributed by atoms with van der Waals surface area (Å²) in [5, 5.41) is 64.0. The summed E-state index contributed by atoms with van der Waals surface area (Å²) in [6.45, 7) is 0.157. The number of carbonyl (C=O) groups is 1. The standard InChI is InChI=1S/C56H43N3O18S4/c57-77-55(66)47-23-38(5-8-44(47)50-45-9-6-39(60)24-48(45)76-49-25-40(61)7-10-46(49)50)59-56(78)58-26-27-1-3-28(4-2-27)29-11-30-13-32-17-41(79(67,68)69)19-34(52(32)63)15-36-21-43(81(73,74)75)22-37(54(36)65)16-35-20-42(80(70,71)72)18-33(53(35)64)14-31(12-29)51(30)62/h1-12,17-25,60,62-65H,13-16,26,57H2,(H2,58,59,78)(H,67,68,69)(H,70,71,72)(H,73,74,75). The van der Waals surface area contributed by atoms with E-state index in [2.05, 4.69) is 15.5 Å². The highest BCUT2D eigenvalue weighted by atomic mass is 32.2. The van der Waals surface area contributed by atoms with Gasteiger partial charge in [0.2, 0.25) is 0 Å². The molecule has 0 atom stereocenters. The van der Waals surface area contributed by atoms with E-state index in [0.717, 1.165) is 36.4 Å². The molecular weight excluding hydrogens is 1130 g/mol. The summed E-state index contributed by atoms with van der Waals surface area (Å²) in [5.41, 5.74) is 1.88. The van der Waals surface area contributed by atoms with E-state index in [0.29, 0.717) is 44.5 Å². The lowest BCUT2D eigenvalue weighted by molar-refractivity contribution is 0.0504. The van der Waals surface area contributed by atoms with E-state index in [1.807, 2.05) is 0 Å². The van der Waals surface area contributed by atoms with Crippen LogP contribution in [0, 0.1) is 0 Å². The molecule has 1 heterocycles. The Morgan fingerprint density at radius 1 is 0.556 bits per heavy atom. The van der Waals surface area contributed by atoms with E-state index < -0.39 is 99.7 Å². The molecular formula is C56H43N3O18S4. The number of thiocarbonyl (C=S) groups is 1. The van der Waals surface area contributed by atoms with Gasteiger partial charge >= 0.3 is 5.97 Å². The van der Waals surface area contributed by atoms with Crippen LogP contribution in [0.15, 0.2) is 151 Å². The molecule has 0 amide bonds. The topological polar surface area (TPSA) is 371 Å². The Balaban J connectivity index is 0.981. The van der Waals surface area contributed by atoms with Crippen molar-refractivity contribution < 1.29 is 78.5 Å². The smallest absolute Gasteiger partial charge is 0.357 e. The fraction of sp³-hybridized carbons (Fsp3) is 0.0893. The highest BCUT2D eigenvalue weighted by Gasteiger charge is 2.28. The molecule has 7 aromatic rings. The first-order chi connectivity index (χ1) is 38.2. The van der Waals surface area contributed by atoms with Gasteiger partial charge in [-0.3, -0.25) is 18.5 Å². The molecule has 25 heteroatoms. The minimum Gasteiger partial charge on any atom is -0.508 e. The monoisotopic (exact) mass is 1170 g/mol. The third kappa shape index (κ3) is 11.3. The van der Waals surface area contributed by atoms with Gasteiger partial charge in [-0.05, 0) is 131 Å². The van der Waals surface area contributed by atoms with Crippen LogP contribution in [0.4, 0.5) is 5.69 Å². The maximum Gasteiger partial charge on any atom is 0.357 e. The van der Waals surface area contributed by atoms with Gasteiger partial charge in [0.05, 0.1) is 20.2 Å². The van der Waals surface area contributed by atoms with Crippen LogP contribution in [0.3, 0.4) is 0 Å². The van der Waals surface area contributed by atoms with Gasteiger partial charge in [-0.1, -0.05) is 30.3 Å². The summed E-state index contributed by atoms with van der Waals surface area (Å²) in [6, 6.07) is 28.7. The largest absolute Gasteiger partial charge is 0.508 e. The zero-order chi connectivity index (χ0) is 58.0. The zero-order valence-electron chi connectivity index (χ0n) is 41.5. The number of carbonyl (C=O) groups excluding carboxylic acids is 1. The molecule has 0 saturated heterocycles. The Labute approximate surface area is 465 Å². The van der Waals surface area contributed by atoms with E-state index in [4.69, 9.17) is 22.5 Å². The number of nitrogens with two attached hydrogens (primary N) is 1. The van der Waals surface area contributed by atoms with Gasteiger partial charge in [0.15, 0.2) is 10.5 Å². The summed E-state index contributed by atoms with van der Waals surface area (Å²) < 4.78 is 112. The molecule has 0 saturated carbocycles. The predicted molar refractivity (Wildman–Crippen MR) is 297 cm³/mol. The average molecular weight is 1170 g/mol. The second-order valence-electron chi connectivity index (χ2n) is 19.0. The van der Waals surface area contributed by atoms with E-state index in [9.17, 15) is 74.0 Å². The summed E-state index contributed by atoms with van der Waals surface area (Å²) in [7, 11) is -15.1. The maximum atomic E-state index is 13.3.